The third kappa shape index (κ3) is 8.08. The van der Waals surface area contributed by atoms with E-state index in [0.717, 1.165) is 42.0 Å². The van der Waals surface area contributed by atoms with Crippen molar-refractivity contribution in [3.05, 3.63) is 62.0 Å². The van der Waals surface area contributed by atoms with Gasteiger partial charge in [0.2, 0.25) is 0 Å². The van der Waals surface area contributed by atoms with Gasteiger partial charge in [-0.05, 0) is 91.3 Å². The number of allylic oxidation sites excluding steroid dienone is 2. The fourth-order valence-electron chi connectivity index (χ4n) is 3.95. The molecule has 0 fully saturated rings. The Hall–Kier alpha value is -2.89. The molecular formula is C32H44BrN3O3S. The van der Waals surface area contributed by atoms with Crippen LogP contribution in [0.25, 0.3) is 15.1 Å². The van der Waals surface area contributed by atoms with Gasteiger partial charge in [-0.3, -0.25) is 9.88 Å². The molecule has 1 N–H and O–H groups in total. The lowest BCUT2D eigenvalue weighted by molar-refractivity contribution is 0.0635. The topological polar surface area (TPSA) is 76.3 Å². The molecule has 6 nitrogen and oxygen atoms in total. The molecule has 8 heteroatoms. The molecule has 218 valence electrons. The number of nitrogens with zero attached hydrogens (tertiary/aromatic N) is 2. The van der Waals surface area contributed by atoms with Crippen molar-refractivity contribution in [2.45, 2.75) is 88.7 Å². The minimum Gasteiger partial charge on any atom is -0.496 e. The van der Waals surface area contributed by atoms with Gasteiger partial charge in [0, 0.05) is 20.2 Å². The van der Waals surface area contributed by atoms with Crippen LogP contribution in [0.15, 0.2) is 34.8 Å². The van der Waals surface area contributed by atoms with E-state index < -0.39 is 11.7 Å². The van der Waals surface area contributed by atoms with E-state index in [4.69, 9.17) is 9.47 Å². The minimum atomic E-state index is -0.718. The Balaban J connectivity index is 0.00000391. The maximum atomic E-state index is 13.1. The highest BCUT2D eigenvalue weighted by atomic mass is 79.9. The van der Waals surface area contributed by atoms with E-state index in [1.807, 2.05) is 58.2 Å². The lowest BCUT2D eigenvalue weighted by atomic mass is 10.1. The summed E-state index contributed by atoms with van der Waals surface area (Å²) >= 11 is 5.25. The van der Waals surface area contributed by atoms with Crippen molar-refractivity contribution >= 4 is 49.0 Å². The van der Waals surface area contributed by atoms with Crippen LogP contribution in [-0.4, -0.2) is 23.4 Å². The molecule has 0 saturated carbocycles. The zero-order valence-electron chi connectivity index (χ0n) is 26.3. The zero-order valence-corrected chi connectivity index (χ0v) is 28.7. The molecule has 1 aromatic heterocycles. The van der Waals surface area contributed by atoms with Gasteiger partial charge >= 0.3 is 6.09 Å². The summed E-state index contributed by atoms with van der Waals surface area (Å²) in [4.78, 5) is 15.1. The lowest BCUT2D eigenvalue weighted by Gasteiger charge is -2.22. The third-order valence-electron chi connectivity index (χ3n) is 5.83. The van der Waals surface area contributed by atoms with Gasteiger partial charge in [0.1, 0.15) is 28.8 Å². The molecule has 40 heavy (non-hydrogen) atoms. The van der Waals surface area contributed by atoms with Crippen molar-refractivity contribution in [3.63, 3.8) is 0 Å². The number of aromatic nitrogens is 1. The Morgan fingerprint density at radius 3 is 2.12 bits per heavy atom. The van der Waals surface area contributed by atoms with Crippen LogP contribution in [0.3, 0.4) is 0 Å². The first-order valence-electron chi connectivity index (χ1n) is 13.2. The first kappa shape index (κ1) is 35.1. The number of aryl methyl sites for hydroxylation is 1. The van der Waals surface area contributed by atoms with E-state index in [-0.39, 0.29) is 0 Å². The van der Waals surface area contributed by atoms with Crippen molar-refractivity contribution in [3.8, 4) is 17.5 Å². The number of rotatable bonds is 6. The number of nitriles is 1. The van der Waals surface area contributed by atoms with Crippen LogP contribution in [0.1, 0.15) is 85.9 Å². The predicted molar refractivity (Wildman–Crippen MR) is 175 cm³/mol. The molecular weight excluding hydrogens is 586 g/mol. The number of methoxy groups -OCH3 is 1. The van der Waals surface area contributed by atoms with Gasteiger partial charge in [-0.1, -0.05) is 59.8 Å². The van der Waals surface area contributed by atoms with Crippen LogP contribution in [0.5, 0.6) is 5.75 Å². The van der Waals surface area contributed by atoms with Gasteiger partial charge in [-0.15, -0.1) is 0 Å². The predicted octanol–water partition coefficient (Wildman–Crippen LogP) is 8.60. The van der Waals surface area contributed by atoms with E-state index in [1.165, 1.54) is 5.57 Å². The number of nitrogens with one attached hydrogen (secondary N) is 1. The van der Waals surface area contributed by atoms with Gasteiger partial charge in [0.25, 0.3) is 0 Å². The standard InChI is InChI=1S/C30H38BrN3O3S.C2H6/c1-16(2)21(8)38-27(17(3)4)26-24(20(7)31)22(15-32)28(33-29(35)37-30(9,10)11)34(26)25-18(5)13-14-23(36-12)19(25)6;1-2/h13-14H,3H2,1-2,4-12H3,(H,33,35);1-2H3/b24-20+,27-26-;. The molecule has 1 aromatic carbocycles. The molecule has 0 saturated heterocycles. The molecule has 1 amide bonds. The van der Waals surface area contributed by atoms with Crippen LogP contribution >= 0.6 is 27.7 Å². The van der Waals surface area contributed by atoms with Crippen molar-refractivity contribution in [2.24, 2.45) is 0 Å². The summed E-state index contributed by atoms with van der Waals surface area (Å²) in [6.07, 6.45) is -0.652. The number of amides is 1. The smallest absolute Gasteiger partial charge is 0.413 e. The van der Waals surface area contributed by atoms with E-state index in [1.54, 1.807) is 39.6 Å². The second-order valence-corrected chi connectivity index (χ2v) is 12.8. The first-order valence-corrected chi connectivity index (χ1v) is 14.8. The molecule has 0 unspecified atom stereocenters. The van der Waals surface area contributed by atoms with Crippen molar-refractivity contribution < 1.29 is 14.3 Å². The van der Waals surface area contributed by atoms with E-state index >= 15 is 0 Å². The average molecular weight is 631 g/mol. The van der Waals surface area contributed by atoms with Gasteiger partial charge < -0.3 is 9.47 Å². The summed E-state index contributed by atoms with van der Waals surface area (Å²) < 4.78 is 13.9. The van der Waals surface area contributed by atoms with E-state index in [2.05, 4.69) is 54.7 Å². The molecule has 0 spiro atoms. The monoisotopic (exact) mass is 629 g/mol. The lowest BCUT2D eigenvalue weighted by Crippen LogP contribution is -2.34. The Bertz CT molecular complexity index is 1480. The second-order valence-electron chi connectivity index (χ2n) is 10.4. The fourth-order valence-corrected chi connectivity index (χ4v) is 5.31. The molecule has 0 aliphatic heterocycles. The summed E-state index contributed by atoms with van der Waals surface area (Å²) in [5.74, 6) is 1.01. The van der Waals surface area contributed by atoms with Crippen molar-refractivity contribution in [1.82, 2.24) is 4.57 Å². The Kier molecular flexibility index (Phi) is 12.9. The number of ether oxygens (including phenoxy) is 2. The Morgan fingerprint density at radius 2 is 1.70 bits per heavy atom. The van der Waals surface area contributed by atoms with Crippen LogP contribution < -0.4 is 20.6 Å². The zero-order chi connectivity index (χ0) is 31.1. The number of thioether (sulfide) groups is 1. The molecule has 0 bridgehead atoms. The molecule has 0 radical (unpaired) electrons. The van der Waals surface area contributed by atoms with Crippen LogP contribution in [0, 0.1) is 25.2 Å². The maximum absolute atomic E-state index is 13.1. The highest BCUT2D eigenvalue weighted by molar-refractivity contribution is 9.14. The van der Waals surface area contributed by atoms with Crippen molar-refractivity contribution in [1.29, 1.82) is 5.26 Å². The van der Waals surface area contributed by atoms with Crippen molar-refractivity contribution in [2.75, 3.05) is 12.4 Å². The van der Waals surface area contributed by atoms with Crippen LogP contribution in [0.4, 0.5) is 10.6 Å². The first-order chi connectivity index (χ1) is 18.5. The number of carbonyl (C=O) groups is 1. The molecule has 0 atom stereocenters. The van der Waals surface area contributed by atoms with Gasteiger partial charge in [-0.25, -0.2) is 4.79 Å². The Labute approximate surface area is 253 Å². The number of carbonyl (C=O) groups excluding carboxylic acids is 1. The maximum Gasteiger partial charge on any atom is 0.413 e. The number of anilines is 1. The van der Waals surface area contributed by atoms with Gasteiger partial charge in [0.15, 0.2) is 0 Å². The van der Waals surface area contributed by atoms with Gasteiger partial charge in [0.05, 0.1) is 18.1 Å². The molecule has 0 aliphatic carbocycles. The SMILES string of the molecule is C=C(C)/C(SC(C)=C(C)C)=c1\c(=C(/C)Br)c(C#N)c(NC(=O)OC(C)(C)C)n1-c1c(C)ccc(OC)c1C.CC. The van der Waals surface area contributed by atoms with E-state index in [9.17, 15) is 10.1 Å². The summed E-state index contributed by atoms with van der Waals surface area (Å²) in [5, 5.41) is 14.8. The number of benzene rings is 1. The number of halogens is 1. The largest absolute Gasteiger partial charge is 0.496 e. The highest BCUT2D eigenvalue weighted by Crippen LogP contribution is 2.35. The summed E-state index contributed by atoms with van der Waals surface area (Å²) in [6.45, 7) is 27.7. The third-order valence-corrected chi connectivity index (χ3v) is 7.69. The molecule has 0 aliphatic rings. The molecule has 2 rings (SSSR count). The number of hydrogen-bond acceptors (Lipinski definition) is 5. The average Bonchev–Trinajstić information content (AvgIpc) is 3.15. The highest BCUT2D eigenvalue weighted by Gasteiger charge is 2.26. The number of hydrogen-bond donors (Lipinski definition) is 1. The van der Waals surface area contributed by atoms with E-state index in [0.29, 0.717) is 22.3 Å². The summed E-state index contributed by atoms with van der Waals surface area (Å²) in [5.41, 5.74) is 4.21. The quantitative estimate of drug-likeness (QED) is 0.346. The molecule has 2 aromatic rings. The van der Waals surface area contributed by atoms with Crippen LogP contribution in [-0.2, 0) is 4.74 Å². The normalized spacial score (nSPS) is 12.3. The second kappa shape index (κ2) is 14.7. The summed E-state index contributed by atoms with van der Waals surface area (Å²) in [6, 6.07) is 6.22. The Morgan fingerprint density at radius 1 is 1.12 bits per heavy atom. The minimum absolute atomic E-state index is 0.316. The molecule has 1 heterocycles. The summed E-state index contributed by atoms with van der Waals surface area (Å²) in [7, 11) is 1.62. The fraction of sp³-hybridized carbons (Fsp3) is 0.438. The van der Waals surface area contributed by atoms with Crippen LogP contribution in [0.2, 0.25) is 0 Å². The van der Waals surface area contributed by atoms with Gasteiger partial charge in [-0.2, -0.15) is 5.26 Å².